The van der Waals surface area contributed by atoms with Crippen molar-refractivity contribution in [2.24, 2.45) is 0 Å². The van der Waals surface area contributed by atoms with Crippen LogP contribution in [-0.4, -0.2) is 25.7 Å². The number of anilines is 1. The summed E-state index contributed by atoms with van der Waals surface area (Å²) in [5.74, 6) is 0. The number of nitrogens with zero attached hydrogens (tertiary/aromatic N) is 2. The Morgan fingerprint density at radius 1 is 1.50 bits per heavy atom. The van der Waals surface area contributed by atoms with Gasteiger partial charge in [0.2, 0.25) is 0 Å². The van der Waals surface area contributed by atoms with Gasteiger partial charge in [0.25, 0.3) is 0 Å². The van der Waals surface area contributed by atoms with E-state index in [1.807, 2.05) is 0 Å². The minimum atomic E-state index is 0.301. The predicted molar refractivity (Wildman–Crippen MR) is 74.8 cm³/mol. The van der Waals surface area contributed by atoms with Crippen LogP contribution in [0.3, 0.4) is 0 Å². The smallest absolute Gasteiger partial charge is 0.0643 e. The standard InChI is InChI=1S/C15H21N3/c1-3-13-6-4-5-12(2)15(13)18-10-9-17-11-14(18)7-8-16/h4-6,14,17H,3,7,9-11H2,1-2H3. The summed E-state index contributed by atoms with van der Waals surface area (Å²) in [4.78, 5) is 2.42. The first-order valence-electron chi connectivity index (χ1n) is 6.70. The average Bonchev–Trinajstić information content (AvgIpc) is 2.40. The Hall–Kier alpha value is -1.53. The summed E-state index contributed by atoms with van der Waals surface area (Å²) in [6.07, 6.45) is 1.63. The van der Waals surface area contributed by atoms with Gasteiger partial charge in [-0.3, -0.25) is 0 Å². The molecule has 3 heteroatoms. The third-order valence-electron chi connectivity index (χ3n) is 3.67. The van der Waals surface area contributed by atoms with E-state index in [2.05, 4.69) is 48.3 Å². The molecule has 0 amide bonds. The van der Waals surface area contributed by atoms with Crippen molar-refractivity contribution in [2.45, 2.75) is 32.7 Å². The molecule has 1 aromatic rings. The first-order chi connectivity index (χ1) is 8.77. The summed E-state index contributed by atoms with van der Waals surface area (Å²) < 4.78 is 0. The van der Waals surface area contributed by atoms with Gasteiger partial charge in [0.1, 0.15) is 0 Å². The van der Waals surface area contributed by atoms with E-state index in [1.54, 1.807) is 0 Å². The molecule has 0 bridgehead atoms. The van der Waals surface area contributed by atoms with Gasteiger partial charge < -0.3 is 10.2 Å². The Labute approximate surface area is 109 Å². The number of para-hydroxylation sites is 1. The second-order valence-electron chi connectivity index (χ2n) is 4.85. The SMILES string of the molecule is CCc1cccc(C)c1N1CCNCC1CC#N. The van der Waals surface area contributed by atoms with E-state index < -0.39 is 0 Å². The van der Waals surface area contributed by atoms with Crippen LogP contribution in [0.1, 0.15) is 24.5 Å². The van der Waals surface area contributed by atoms with Gasteiger partial charge in [-0.25, -0.2) is 0 Å². The van der Waals surface area contributed by atoms with E-state index in [0.717, 1.165) is 26.1 Å². The summed E-state index contributed by atoms with van der Waals surface area (Å²) in [6.45, 7) is 7.26. The number of nitrogens with one attached hydrogen (secondary N) is 1. The highest BCUT2D eigenvalue weighted by Gasteiger charge is 2.24. The number of aryl methyl sites for hydroxylation is 2. The average molecular weight is 243 g/mol. The van der Waals surface area contributed by atoms with Crippen LogP contribution in [0.5, 0.6) is 0 Å². The Morgan fingerprint density at radius 2 is 2.33 bits per heavy atom. The van der Waals surface area contributed by atoms with Crippen LogP contribution in [0.2, 0.25) is 0 Å². The van der Waals surface area contributed by atoms with Crippen LogP contribution in [0.15, 0.2) is 18.2 Å². The van der Waals surface area contributed by atoms with E-state index in [0.29, 0.717) is 12.5 Å². The molecular formula is C15H21N3. The van der Waals surface area contributed by atoms with Crippen molar-refractivity contribution < 1.29 is 0 Å². The summed E-state index contributed by atoms with van der Waals surface area (Å²) in [5.41, 5.74) is 4.06. The van der Waals surface area contributed by atoms with E-state index >= 15 is 0 Å². The Bertz CT molecular complexity index is 448. The monoisotopic (exact) mass is 243 g/mol. The molecule has 1 saturated heterocycles. The molecule has 1 unspecified atom stereocenters. The fourth-order valence-corrected chi connectivity index (χ4v) is 2.76. The van der Waals surface area contributed by atoms with Gasteiger partial charge in [-0.15, -0.1) is 0 Å². The van der Waals surface area contributed by atoms with Crippen molar-refractivity contribution in [3.05, 3.63) is 29.3 Å². The van der Waals surface area contributed by atoms with Crippen molar-refractivity contribution in [1.82, 2.24) is 5.32 Å². The highest BCUT2D eigenvalue weighted by molar-refractivity contribution is 5.60. The lowest BCUT2D eigenvalue weighted by Crippen LogP contribution is -2.51. The first kappa shape index (κ1) is 12.9. The molecule has 1 fully saturated rings. The van der Waals surface area contributed by atoms with Gasteiger partial charge in [-0.05, 0) is 24.5 Å². The van der Waals surface area contributed by atoms with E-state index in [1.165, 1.54) is 16.8 Å². The molecule has 2 rings (SSSR count). The normalized spacial score (nSPS) is 19.6. The van der Waals surface area contributed by atoms with Gasteiger partial charge in [0, 0.05) is 25.3 Å². The third kappa shape index (κ3) is 2.49. The zero-order valence-corrected chi connectivity index (χ0v) is 11.2. The quantitative estimate of drug-likeness (QED) is 0.885. The zero-order valence-electron chi connectivity index (χ0n) is 11.2. The van der Waals surface area contributed by atoms with Crippen LogP contribution in [0.4, 0.5) is 5.69 Å². The molecule has 18 heavy (non-hydrogen) atoms. The van der Waals surface area contributed by atoms with Crippen LogP contribution >= 0.6 is 0 Å². The second kappa shape index (κ2) is 5.88. The second-order valence-corrected chi connectivity index (χ2v) is 4.85. The fraction of sp³-hybridized carbons (Fsp3) is 0.533. The molecule has 0 saturated carbocycles. The Balaban J connectivity index is 2.36. The van der Waals surface area contributed by atoms with Gasteiger partial charge in [0.15, 0.2) is 0 Å². The van der Waals surface area contributed by atoms with Crippen LogP contribution in [-0.2, 0) is 6.42 Å². The number of piperazine rings is 1. The lowest BCUT2D eigenvalue weighted by atomic mass is 10.0. The molecule has 0 aliphatic carbocycles. The van der Waals surface area contributed by atoms with Gasteiger partial charge in [-0.1, -0.05) is 25.1 Å². The van der Waals surface area contributed by atoms with Crippen molar-refractivity contribution in [2.75, 3.05) is 24.5 Å². The largest absolute Gasteiger partial charge is 0.365 e. The Morgan fingerprint density at radius 3 is 3.06 bits per heavy atom. The number of hydrogen-bond acceptors (Lipinski definition) is 3. The van der Waals surface area contributed by atoms with E-state index in [9.17, 15) is 0 Å². The van der Waals surface area contributed by atoms with Gasteiger partial charge >= 0.3 is 0 Å². The number of rotatable bonds is 3. The molecular weight excluding hydrogens is 222 g/mol. The molecule has 0 radical (unpaired) electrons. The molecule has 0 aromatic heterocycles. The summed E-state index contributed by atoms with van der Waals surface area (Å²) in [5, 5.41) is 12.4. The number of nitriles is 1. The van der Waals surface area contributed by atoms with Crippen LogP contribution in [0.25, 0.3) is 0 Å². The van der Waals surface area contributed by atoms with Gasteiger partial charge in [0.05, 0.1) is 18.5 Å². The number of benzene rings is 1. The molecule has 1 aromatic carbocycles. The maximum absolute atomic E-state index is 8.97. The lowest BCUT2D eigenvalue weighted by molar-refractivity contribution is 0.479. The molecule has 1 aliphatic heterocycles. The predicted octanol–water partition coefficient (Wildman–Crippen LogP) is 2.25. The van der Waals surface area contributed by atoms with Crippen molar-refractivity contribution in [3.8, 4) is 6.07 Å². The minimum Gasteiger partial charge on any atom is -0.365 e. The van der Waals surface area contributed by atoms with E-state index in [4.69, 9.17) is 5.26 Å². The van der Waals surface area contributed by atoms with Crippen molar-refractivity contribution in [1.29, 1.82) is 5.26 Å². The molecule has 1 N–H and O–H groups in total. The minimum absolute atomic E-state index is 0.301. The first-order valence-corrected chi connectivity index (χ1v) is 6.70. The lowest BCUT2D eigenvalue weighted by Gasteiger charge is -2.39. The highest BCUT2D eigenvalue weighted by atomic mass is 15.2. The fourth-order valence-electron chi connectivity index (χ4n) is 2.76. The molecule has 1 aliphatic rings. The molecule has 0 spiro atoms. The maximum Gasteiger partial charge on any atom is 0.0643 e. The van der Waals surface area contributed by atoms with Gasteiger partial charge in [-0.2, -0.15) is 5.26 Å². The third-order valence-corrected chi connectivity index (χ3v) is 3.67. The summed E-state index contributed by atoms with van der Waals surface area (Å²) in [6, 6.07) is 9.11. The van der Waals surface area contributed by atoms with E-state index in [-0.39, 0.29) is 0 Å². The van der Waals surface area contributed by atoms with Crippen molar-refractivity contribution in [3.63, 3.8) is 0 Å². The van der Waals surface area contributed by atoms with Crippen molar-refractivity contribution >= 4 is 5.69 Å². The zero-order chi connectivity index (χ0) is 13.0. The Kier molecular flexibility index (Phi) is 4.22. The maximum atomic E-state index is 8.97. The number of hydrogen-bond donors (Lipinski definition) is 1. The molecule has 3 nitrogen and oxygen atoms in total. The van der Waals surface area contributed by atoms with Crippen LogP contribution in [0, 0.1) is 18.3 Å². The summed E-state index contributed by atoms with van der Waals surface area (Å²) in [7, 11) is 0. The highest BCUT2D eigenvalue weighted by Crippen LogP contribution is 2.28. The molecule has 1 heterocycles. The molecule has 96 valence electrons. The molecule has 1 atom stereocenters. The van der Waals surface area contributed by atoms with Crippen LogP contribution < -0.4 is 10.2 Å². The summed E-state index contributed by atoms with van der Waals surface area (Å²) >= 11 is 0. The topological polar surface area (TPSA) is 39.1 Å².